The van der Waals surface area contributed by atoms with Gasteiger partial charge in [0.1, 0.15) is 11.5 Å². The molecule has 0 atom stereocenters. The number of methoxy groups -OCH3 is 2. The number of hydrogen-bond donors (Lipinski definition) is 1. The van der Waals surface area contributed by atoms with Gasteiger partial charge in [-0.25, -0.2) is 0 Å². The monoisotopic (exact) mass is 429 g/mol. The number of nitrogens with one attached hydrogen (secondary N) is 1. The number of carbonyl (C=O) groups is 1. The highest BCUT2D eigenvalue weighted by molar-refractivity contribution is 5.98. The molecule has 0 aliphatic heterocycles. The normalized spacial score (nSPS) is 10.6. The van der Waals surface area contributed by atoms with Crippen molar-refractivity contribution in [3.63, 3.8) is 0 Å². The van der Waals surface area contributed by atoms with Gasteiger partial charge in [-0.1, -0.05) is 42.5 Å². The van der Waals surface area contributed by atoms with Gasteiger partial charge in [-0.15, -0.1) is 10.2 Å². The van der Waals surface area contributed by atoms with Crippen LogP contribution in [-0.4, -0.2) is 40.3 Å². The van der Waals surface area contributed by atoms with E-state index in [0.29, 0.717) is 35.8 Å². The molecule has 0 radical (unpaired) electrons. The molecule has 0 saturated carbocycles. The summed E-state index contributed by atoms with van der Waals surface area (Å²) in [6, 6.07) is 22.6. The van der Waals surface area contributed by atoms with Crippen LogP contribution in [0.5, 0.6) is 11.5 Å². The first kappa shape index (κ1) is 21.0. The van der Waals surface area contributed by atoms with E-state index in [4.69, 9.17) is 9.47 Å². The van der Waals surface area contributed by atoms with Gasteiger partial charge in [0.05, 0.1) is 26.3 Å². The van der Waals surface area contributed by atoms with Crippen LogP contribution in [-0.2, 0) is 13.1 Å². The fourth-order valence-corrected chi connectivity index (χ4v) is 3.22. The highest BCUT2D eigenvalue weighted by atomic mass is 16.5. The van der Waals surface area contributed by atoms with Crippen molar-refractivity contribution in [2.45, 2.75) is 13.1 Å². The number of benzene rings is 3. The van der Waals surface area contributed by atoms with Crippen LogP contribution in [0.2, 0.25) is 0 Å². The molecule has 0 spiro atoms. The molecule has 0 fully saturated rings. The summed E-state index contributed by atoms with van der Waals surface area (Å²) in [5.41, 5.74) is 3.12. The SMILES string of the molecule is COc1ccc(Cn2nnc(-c3ccc(OC)c(C(=O)NCc4ccccc4)c3)n2)cc1. The molecule has 32 heavy (non-hydrogen) atoms. The summed E-state index contributed by atoms with van der Waals surface area (Å²) >= 11 is 0. The van der Waals surface area contributed by atoms with Crippen LogP contribution in [0.3, 0.4) is 0 Å². The first-order chi connectivity index (χ1) is 15.7. The van der Waals surface area contributed by atoms with E-state index in [1.807, 2.05) is 60.7 Å². The maximum atomic E-state index is 12.8. The fraction of sp³-hybridized carbons (Fsp3) is 0.167. The van der Waals surface area contributed by atoms with Gasteiger partial charge in [-0.3, -0.25) is 4.79 Å². The first-order valence-electron chi connectivity index (χ1n) is 10.1. The Morgan fingerprint density at radius 3 is 2.44 bits per heavy atom. The summed E-state index contributed by atoms with van der Waals surface area (Å²) < 4.78 is 10.6. The maximum Gasteiger partial charge on any atom is 0.255 e. The van der Waals surface area contributed by atoms with E-state index in [1.54, 1.807) is 19.2 Å². The Bertz CT molecular complexity index is 1190. The smallest absolute Gasteiger partial charge is 0.255 e. The molecular formula is C24H23N5O3. The molecule has 1 heterocycles. The summed E-state index contributed by atoms with van der Waals surface area (Å²) in [7, 11) is 3.16. The molecule has 0 bridgehead atoms. The Hall–Kier alpha value is -4.20. The van der Waals surface area contributed by atoms with Gasteiger partial charge < -0.3 is 14.8 Å². The van der Waals surface area contributed by atoms with Crippen molar-refractivity contribution in [3.8, 4) is 22.9 Å². The number of tetrazole rings is 1. The lowest BCUT2D eigenvalue weighted by Gasteiger charge is -2.10. The largest absolute Gasteiger partial charge is 0.497 e. The Morgan fingerprint density at radius 2 is 1.72 bits per heavy atom. The second-order valence-electron chi connectivity index (χ2n) is 7.07. The number of aromatic nitrogens is 4. The van der Waals surface area contributed by atoms with Gasteiger partial charge in [-0.2, -0.15) is 4.80 Å². The second kappa shape index (κ2) is 9.74. The number of carbonyl (C=O) groups excluding carboxylic acids is 1. The van der Waals surface area contributed by atoms with Crippen LogP contribution in [0.25, 0.3) is 11.4 Å². The lowest BCUT2D eigenvalue weighted by molar-refractivity contribution is 0.0948. The lowest BCUT2D eigenvalue weighted by atomic mass is 10.1. The van der Waals surface area contributed by atoms with Crippen molar-refractivity contribution in [3.05, 3.63) is 89.5 Å². The molecule has 4 aromatic rings. The van der Waals surface area contributed by atoms with Crippen molar-refractivity contribution in [2.24, 2.45) is 0 Å². The lowest BCUT2D eigenvalue weighted by Crippen LogP contribution is -2.23. The molecule has 0 saturated heterocycles. The van der Waals surface area contributed by atoms with Crippen molar-refractivity contribution in [2.75, 3.05) is 14.2 Å². The molecule has 0 aliphatic rings. The molecule has 1 N–H and O–H groups in total. The summed E-state index contributed by atoms with van der Waals surface area (Å²) in [6.45, 7) is 0.890. The molecule has 162 valence electrons. The molecule has 0 unspecified atom stereocenters. The molecule has 3 aromatic carbocycles. The zero-order chi connectivity index (χ0) is 22.3. The van der Waals surface area contributed by atoms with Crippen LogP contribution >= 0.6 is 0 Å². The minimum atomic E-state index is -0.238. The molecule has 8 heteroatoms. The number of ether oxygens (including phenoxy) is 2. The van der Waals surface area contributed by atoms with Crippen molar-refractivity contribution in [1.82, 2.24) is 25.5 Å². The summed E-state index contributed by atoms with van der Waals surface area (Å²) in [5, 5.41) is 15.7. The molecule has 1 amide bonds. The molecule has 1 aromatic heterocycles. The summed E-state index contributed by atoms with van der Waals surface area (Å²) in [4.78, 5) is 14.3. The number of hydrogen-bond acceptors (Lipinski definition) is 6. The van der Waals surface area contributed by atoms with E-state index in [1.165, 1.54) is 11.9 Å². The number of nitrogens with zero attached hydrogens (tertiary/aromatic N) is 4. The summed E-state index contributed by atoms with van der Waals surface area (Å²) in [6.07, 6.45) is 0. The van der Waals surface area contributed by atoms with E-state index >= 15 is 0 Å². The third-order valence-electron chi connectivity index (χ3n) is 4.93. The van der Waals surface area contributed by atoms with Crippen molar-refractivity contribution < 1.29 is 14.3 Å². The average Bonchev–Trinajstić information content (AvgIpc) is 3.31. The van der Waals surface area contributed by atoms with Gasteiger partial charge in [0, 0.05) is 12.1 Å². The zero-order valence-electron chi connectivity index (χ0n) is 17.9. The van der Waals surface area contributed by atoms with Gasteiger partial charge in [0.15, 0.2) is 0 Å². The Morgan fingerprint density at radius 1 is 0.938 bits per heavy atom. The molecule has 8 nitrogen and oxygen atoms in total. The van der Waals surface area contributed by atoms with Crippen molar-refractivity contribution >= 4 is 5.91 Å². The predicted molar refractivity (Wildman–Crippen MR) is 120 cm³/mol. The van der Waals surface area contributed by atoms with Crippen molar-refractivity contribution in [1.29, 1.82) is 0 Å². The third-order valence-corrected chi connectivity index (χ3v) is 4.93. The van der Waals surface area contributed by atoms with Gasteiger partial charge in [0.25, 0.3) is 5.91 Å². The number of rotatable bonds is 8. The quantitative estimate of drug-likeness (QED) is 0.462. The molecule has 0 aliphatic carbocycles. The maximum absolute atomic E-state index is 12.8. The van der Waals surface area contributed by atoms with Crippen LogP contribution in [0.1, 0.15) is 21.5 Å². The fourth-order valence-electron chi connectivity index (χ4n) is 3.22. The predicted octanol–water partition coefficient (Wildman–Crippen LogP) is 3.34. The van der Waals surface area contributed by atoms with E-state index in [0.717, 1.165) is 16.9 Å². The third kappa shape index (κ3) is 4.92. The van der Waals surface area contributed by atoms with E-state index < -0.39 is 0 Å². The standard InChI is InChI=1S/C24H23N5O3/c1-31-20-11-8-18(9-12-20)16-29-27-23(26-28-29)19-10-13-22(32-2)21(14-19)24(30)25-15-17-6-4-3-5-7-17/h3-14H,15-16H2,1-2H3,(H,25,30). The first-order valence-corrected chi connectivity index (χ1v) is 10.1. The average molecular weight is 429 g/mol. The van der Waals surface area contributed by atoms with Gasteiger partial charge in [0.2, 0.25) is 5.82 Å². The Kier molecular flexibility index (Phi) is 6.41. The van der Waals surface area contributed by atoms with Crippen LogP contribution < -0.4 is 14.8 Å². The van der Waals surface area contributed by atoms with Gasteiger partial charge in [-0.05, 0) is 46.7 Å². The van der Waals surface area contributed by atoms with E-state index in [2.05, 4.69) is 20.7 Å². The highest BCUT2D eigenvalue weighted by Crippen LogP contribution is 2.24. The zero-order valence-corrected chi connectivity index (χ0v) is 17.9. The minimum absolute atomic E-state index is 0.238. The van der Waals surface area contributed by atoms with Crippen LogP contribution in [0.4, 0.5) is 0 Å². The molecule has 4 rings (SSSR count). The Labute approximate surface area is 185 Å². The minimum Gasteiger partial charge on any atom is -0.497 e. The Balaban J connectivity index is 1.50. The van der Waals surface area contributed by atoms with Gasteiger partial charge >= 0.3 is 0 Å². The molecular weight excluding hydrogens is 406 g/mol. The van der Waals surface area contributed by atoms with E-state index in [9.17, 15) is 4.79 Å². The van der Waals surface area contributed by atoms with E-state index in [-0.39, 0.29) is 5.91 Å². The highest BCUT2D eigenvalue weighted by Gasteiger charge is 2.16. The van der Waals surface area contributed by atoms with Crippen LogP contribution in [0.15, 0.2) is 72.8 Å². The summed E-state index contributed by atoms with van der Waals surface area (Å²) in [5.74, 6) is 1.46. The number of amides is 1. The topological polar surface area (TPSA) is 91.2 Å². The second-order valence-corrected chi connectivity index (χ2v) is 7.07. The van der Waals surface area contributed by atoms with Crippen LogP contribution in [0, 0.1) is 0 Å².